The van der Waals surface area contributed by atoms with Gasteiger partial charge in [0.15, 0.2) is 0 Å². The molecule has 0 fully saturated rings. The summed E-state index contributed by atoms with van der Waals surface area (Å²) >= 11 is 11.8. The summed E-state index contributed by atoms with van der Waals surface area (Å²) in [6, 6.07) is 4.30. The van der Waals surface area contributed by atoms with Crippen LogP contribution in [0.4, 0.5) is 10.5 Å². The number of carbonyl (C=O) groups is 2. The molecule has 5 nitrogen and oxygen atoms in total. The number of amides is 2. The fraction of sp³-hybridized carbons (Fsp3) is 0.333. The second kappa shape index (κ2) is 7.21. The number of aliphatic carboxylic acids is 1. The minimum atomic E-state index is -0.946. The van der Waals surface area contributed by atoms with E-state index in [1.54, 1.807) is 25.1 Å². The summed E-state index contributed by atoms with van der Waals surface area (Å²) in [5.41, 5.74) is 0.298. The lowest BCUT2D eigenvalue weighted by molar-refractivity contribution is -0.141. The molecular formula is C12H14Cl2N2O3. The predicted molar refractivity (Wildman–Crippen MR) is 74.9 cm³/mol. The molecule has 3 N–H and O–H groups in total. The Bertz CT molecular complexity index is 460. The number of halogens is 2. The van der Waals surface area contributed by atoms with Gasteiger partial charge in [0.2, 0.25) is 0 Å². The molecule has 0 aliphatic rings. The second-order valence-corrected chi connectivity index (χ2v) is 4.69. The molecular weight excluding hydrogens is 291 g/mol. The zero-order valence-corrected chi connectivity index (χ0v) is 11.8. The van der Waals surface area contributed by atoms with Crippen molar-refractivity contribution in [3.63, 3.8) is 0 Å². The van der Waals surface area contributed by atoms with Crippen LogP contribution in [-0.2, 0) is 4.79 Å². The molecule has 0 bridgehead atoms. The van der Waals surface area contributed by atoms with E-state index < -0.39 is 17.9 Å². The number of anilines is 1. The number of carbonyl (C=O) groups excluding carboxylic acids is 1. The molecule has 0 spiro atoms. The van der Waals surface area contributed by atoms with Gasteiger partial charge in [-0.1, -0.05) is 36.2 Å². The molecule has 0 radical (unpaired) electrons. The van der Waals surface area contributed by atoms with E-state index >= 15 is 0 Å². The van der Waals surface area contributed by atoms with Crippen LogP contribution < -0.4 is 10.6 Å². The minimum absolute atomic E-state index is 0.0414. The number of carboxylic acid groups (broad SMARTS) is 1. The SMILES string of the molecule is CCC(CNC(=O)Nc1c(Cl)cccc1Cl)C(=O)O. The normalized spacial score (nSPS) is 11.7. The highest BCUT2D eigenvalue weighted by Crippen LogP contribution is 2.29. The van der Waals surface area contributed by atoms with Crippen LogP contribution in [0.25, 0.3) is 0 Å². The first kappa shape index (κ1) is 15.6. The zero-order valence-electron chi connectivity index (χ0n) is 10.2. The smallest absolute Gasteiger partial charge is 0.319 e. The fourth-order valence-electron chi connectivity index (χ4n) is 1.40. The predicted octanol–water partition coefficient (Wildman–Crippen LogP) is 3.23. The number of para-hydroxylation sites is 1. The van der Waals surface area contributed by atoms with Gasteiger partial charge in [-0.25, -0.2) is 4.79 Å². The molecule has 1 rings (SSSR count). The first-order valence-corrected chi connectivity index (χ1v) is 6.43. The van der Waals surface area contributed by atoms with Gasteiger partial charge in [0.25, 0.3) is 0 Å². The summed E-state index contributed by atoms with van der Waals surface area (Å²) in [5.74, 6) is -1.56. The van der Waals surface area contributed by atoms with Gasteiger partial charge in [-0.3, -0.25) is 4.79 Å². The first-order chi connectivity index (χ1) is 8.95. The third-order valence-electron chi connectivity index (χ3n) is 2.55. The molecule has 0 saturated heterocycles. The highest BCUT2D eigenvalue weighted by Gasteiger charge is 2.16. The second-order valence-electron chi connectivity index (χ2n) is 3.88. The van der Waals surface area contributed by atoms with E-state index in [-0.39, 0.29) is 6.54 Å². The van der Waals surface area contributed by atoms with Crippen molar-refractivity contribution in [1.82, 2.24) is 5.32 Å². The Morgan fingerprint density at radius 2 is 1.89 bits per heavy atom. The van der Waals surface area contributed by atoms with Crippen LogP contribution in [0.15, 0.2) is 18.2 Å². The van der Waals surface area contributed by atoms with Crippen LogP contribution in [0.5, 0.6) is 0 Å². The van der Waals surface area contributed by atoms with E-state index in [4.69, 9.17) is 28.3 Å². The van der Waals surface area contributed by atoms with E-state index in [2.05, 4.69) is 10.6 Å². The number of nitrogens with one attached hydrogen (secondary N) is 2. The Hall–Kier alpha value is -1.46. The summed E-state index contributed by atoms with van der Waals surface area (Å²) < 4.78 is 0. The quantitative estimate of drug-likeness (QED) is 0.781. The molecule has 0 aliphatic heterocycles. The largest absolute Gasteiger partial charge is 0.481 e. The Morgan fingerprint density at radius 1 is 1.32 bits per heavy atom. The Labute approximate surface area is 120 Å². The number of rotatable bonds is 5. The summed E-state index contributed by atoms with van der Waals surface area (Å²) in [4.78, 5) is 22.4. The van der Waals surface area contributed by atoms with E-state index in [9.17, 15) is 9.59 Å². The van der Waals surface area contributed by atoms with Crippen molar-refractivity contribution in [1.29, 1.82) is 0 Å². The van der Waals surface area contributed by atoms with E-state index in [1.807, 2.05) is 0 Å². The number of hydrogen-bond acceptors (Lipinski definition) is 2. The molecule has 0 saturated carbocycles. The maximum Gasteiger partial charge on any atom is 0.319 e. The summed E-state index contributed by atoms with van der Waals surface area (Å²) in [6.45, 7) is 1.78. The highest BCUT2D eigenvalue weighted by molar-refractivity contribution is 6.39. The number of hydrogen-bond donors (Lipinski definition) is 3. The lowest BCUT2D eigenvalue weighted by Crippen LogP contribution is -2.35. The van der Waals surface area contributed by atoms with Crippen molar-refractivity contribution < 1.29 is 14.7 Å². The number of carboxylic acids is 1. The van der Waals surface area contributed by atoms with E-state index in [0.717, 1.165) is 0 Å². The van der Waals surface area contributed by atoms with Crippen molar-refractivity contribution in [2.75, 3.05) is 11.9 Å². The number of benzene rings is 1. The summed E-state index contributed by atoms with van der Waals surface area (Å²) in [6.07, 6.45) is 0.433. The van der Waals surface area contributed by atoms with Crippen LogP contribution >= 0.6 is 23.2 Å². The molecule has 1 unspecified atom stereocenters. The van der Waals surface area contributed by atoms with Gasteiger partial charge in [0, 0.05) is 6.54 Å². The standard InChI is InChI=1S/C12H14Cl2N2O3/c1-2-7(11(17)18)6-15-12(19)16-10-8(13)4-3-5-9(10)14/h3-5,7H,2,6H2,1H3,(H,17,18)(H2,15,16,19). The van der Waals surface area contributed by atoms with Gasteiger partial charge < -0.3 is 15.7 Å². The minimum Gasteiger partial charge on any atom is -0.481 e. The molecule has 0 aliphatic carbocycles. The average molecular weight is 305 g/mol. The fourth-order valence-corrected chi connectivity index (χ4v) is 1.89. The van der Waals surface area contributed by atoms with Gasteiger partial charge in [-0.2, -0.15) is 0 Å². The lowest BCUT2D eigenvalue weighted by atomic mass is 10.1. The van der Waals surface area contributed by atoms with Crippen molar-refractivity contribution in [2.45, 2.75) is 13.3 Å². The number of urea groups is 1. The Kier molecular flexibility index (Phi) is 5.92. The van der Waals surface area contributed by atoms with Gasteiger partial charge in [0.1, 0.15) is 0 Å². The van der Waals surface area contributed by atoms with Crippen LogP contribution in [-0.4, -0.2) is 23.7 Å². The third-order valence-corrected chi connectivity index (χ3v) is 3.18. The topological polar surface area (TPSA) is 78.4 Å². The van der Waals surface area contributed by atoms with Crippen molar-refractivity contribution in [3.05, 3.63) is 28.2 Å². The third kappa shape index (κ3) is 4.61. The lowest BCUT2D eigenvalue weighted by Gasteiger charge is -2.13. The zero-order chi connectivity index (χ0) is 14.4. The molecule has 19 heavy (non-hydrogen) atoms. The van der Waals surface area contributed by atoms with Crippen LogP contribution in [0, 0.1) is 5.92 Å². The average Bonchev–Trinajstić information content (AvgIpc) is 2.34. The summed E-state index contributed by atoms with van der Waals surface area (Å²) in [5, 5.41) is 14.4. The molecule has 0 aromatic heterocycles. The van der Waals surface area contributed by atoms with Crippen LogP contribution in [0.3, 0.4) is 0 Å². The van der Waals surface area contributed by atoms with Gasteiger partial charge >= 0.3 is 12.0 Å². The molecule has 1 atom stereocenters. The van der Waals surface area contributed by atoms with Crippen LogP contribution in [0.2, 0.25) is 10.0 Å². The van der Waals surface area contributed by atoms with E-state index in [1.165, 1.54) is 0 Å². The molecule has 7 heteroatoms. The van der Waals surface area contributed by atoms with Gasteiger partial charge in [-0.05, 0) is 18.6 Å². The maximum atomic E-state index is 11.6. The maximum absolute atomic E-state index is 11.6. The Morgan fingerprint density at radius 3 is 2.37 bits per heavy atom. The van der Waals surface area contributed by atoms with Crippen molar-refractivity contribution >= 4 is 40.9 Å². The molecule has 1 aromatic carbocycles. The van der Waals surface area contributed by atoms with Gasteiger partial charge in [-0.15, -0.1) is 0 Å². The van der Waals surface area contributed by atoms with Crippen molar-refractivity contribution in [2.24, 2.45) is 5.92 Å². The molecule has 2 amide bonds. The van der Waals surface area contributed by atoms with Crippen LogP contribution in [0.1, 0.15) is 13.3 Å². The highest BCUT2D eigenvalue weighted by atomic mass is 35.5. The first-order valence-electron chi connectivity index (χ1n) is 5.67. The summed E-state index contributed by atoms with van der Waals surface area (Å²) in [7, 11) is 0. The monoisotopic (exact) mass is 304 g/mol. The molecule has 0 heterocycles. The van der Waals surface area contributed by atoms with Gasteiger partial charge in [0.05, 0.1) is 21.7 Å². The molecule has 104 valence electrons. The Balaban J connectivity index is 2.59. The van der Waals surface area contributed by atoms with E-state index in [0.29, 0.717) is 22.2 Å². The molecule has 1 aromatic rings. The van der Waals surface area contributed by atoms with Crippen molar-refractivity contribution in [3.8, 4) is 0 Å².